The molecule has 0 radical (unpaired) electrons. The van der Waals surface area contributed by atoms with Crippen molar-refractivity contribution in [3.05, 3.63) is 55.4 Å². The fourth-order valence-corrected chi connectivity index (χ4v) is 2.45. The predicted molar refractivity (Wildman–Crippen MR) is 77.9 cm³/mol. The van der Waals surface area contributed by atoms with E-state index in [0.717, 1.165) is 16.2 Å². The lowest BCUT2D eigenvalue weighted by atomic mass is 10.2. The van der Waals surface area contributed by atoms with E-state index in [0.29, 0.717) is 18.0 Å². The van der Waals surface area contributed by atoms with Crippen molar-refractivity contribution in [3.63, 3.8) is 0 Å². The largest absolute Gasteiger partial charge is 0.495 e. The average molecular weight is 309 g/mol. The molecule has 1 heterocycles. The fourth-order valence-electron chi connectivity index (χ4n) is 1.69. The summed E-state index contributed by atoms with van der Waals surface area (Å²) in [5.74, 6) is 0.464. The lowest BCUT2D eigenvalue weighted by Crippen LogP contribution is -2.01. The molecule has 1 aromatic carbocycles. The number of nitro benzene ring substituents is 1. The molecule has 0 aliphatic carbocycles. The molecule has 21 heavy (non-hydrogen) atoms. The maximum Gasteiger partial charge on any atom is 0.324 e. The monoisotopic (exact) mass is 309 g/mol. The summed E-state index contributed by atoms with van der Waals surface area (Å²) < 4.78 is 5.12. The van der Waals surface area contributed by atoms with Crippen molar-refractivity contribution >= 4 is 27.7 Å². The van der Waals surface area contributed by atoms with Gasteiger partial charge in [-0.1, -0.05) is 11.3 Å². The van der Waals surface area contributed by atoms with Crippen LogP contribution < -0.4 is 10.1 Å². The third-order valence-corrected chi connectivity index (χ3v) is 3.71. The molecule has 9 heteroatoms. The first-order chi connectivity index (χ1) is 10.0. The zero-order valence-electron chi connectivity index (χ0n) is 10.9. The third-order valence-electron chi connectivity index (χ3n) is 2.67. The molecule has 0 amide bonds. The van der Waals surface area contributed by atoms with Crippen LogP contribution >= 0.6 is 11.3 Å². The minimum Gasteiger partial charge on any atom is -0.495 e. The molecule has 8 nitrogen and oxygen atoms in total. The SMILES string of the molecule is COc1ccc([N+](=O)[O-])cc1NCc1ccc([N+](=O)[O-])s1. The second-order valence-electron chi connectivity index (χ2n) is 3.99. The standard InChI is InChI=1S/C12H11N3O5S/c1-20-11-4-2-8(14(16)17)6-10(11)13-7-9-3-5-12(21-9)15(18)19/h2-6,13H,7H2,1H3. The first-order valence-corrected chi connectivity index (χ1v) is 6.62. The molecule has 0 spiro atoms. The molecule has 0 saturated carbocycles. The highest BCUT2D eigenvalue weighted by atomic mass is 32.1. The highest BCUT2D eigenvalue weighted by Crippen LogP contribution is 2.30. The van der Waals surface area contributed by atoms with Gasteiger partial charge in [-0.3, -0.25) is 20.2 Å². The average Bonchev–Trinajstić information content (AvgIpc) is 2.93. The van der Waals surface area contributed by atoms with Gasteiger partial charge in [-0.05, 0) is 12.1 Å². The number of benzene rings is 1. The summed E-state index contributed by atoms with van der Waals surface area (Å²) in [4.78, 5) is 21.2. The Labute approximate surface area is 123 Å². The normalized spacial score (nSPS) is 10.1. The van der Waals surface area contributed by atoms with Crippen molar-refractivity contribution in [1.82, 2.24) is 0 Å². The molecule has 0 saturated heterocycles. The van der Waals surface area contributed by atoms with Crippen molar-refractivity contribution in [1.29, 1.82) is 0 Å². The van der Waals surface area contributed by atoms with Crippen LogP contribution in [0.2, 0.25) is 0 Å². The summed E-state index contributed by atoms with van der Waals surface area (Å²) in [6.45, 7) is 0.316. The number of rotatable bonds is 6. The van der Waals surface area contributed by atoms with Crippen LogP contribution in [0, 0.1) is 20.2 Å². The Morgan fingerprint density at radius 3 is 2.52 bits per heavy atom. The Morgan fingerprint density at radius 1 is 1.19 bits per heavy atom. The molecule has 0 fully saturated rings. The second kappa shape index (κ2) is 6.18. The van der Waals surface area contributed by atoms with E-state index in [1.165, 1.54) is 31.4 Å². The number of anilines is 1. The van der Waals surface area contributed by atoms with Crippen molar-refractivity contribution in [2.75, 3.05) is 12.4 Å². The Hall–Kier alpha value is -2.68. The highest BCUT2D eigenvalue weighted by Gasteiger charge is 2.13. The first-order valence-electron chi connectivity index (χ1n) is 5.80. The van der Waals surface area contributed by atoms with E-state index in [-0.39, 0.29) is 10.7 Å². The summed E-state index contributed by atoms with van der Waals surface area (Å²) in [6, 6.07) is 7.27. The van der Waals surface area contributed by atoms with Gasteiger partial charge in [-0.15, -0.1) is 0 Å². The molecule has 0 unspecified atom stereocenters. The molecule has 0 aliphatic heterocycles. The van der Waals surface area contributed by atoms with Crippen LogP contribution in [0.3, 0.4) is 0 Å². The van der Waals surface area contributed by atoms with Crippen molar-refractivity contribution in [2.24, 2.45) is 0 Å². The van der Waals surface area contributed by atoms with E-state index in [1.807, 2.05) is 0 Å². The number of hydrogen-bond acceptors (Lipinski definition) is 7. The van der Waals surface area contributed by atoms with E-state index < -0.39 is 9.85 Å². The smallest absolute Gasteiger partial charge is 0.324 e. The number of ether oxygens (including phenoxy) is 1. The van der Waals surface area contributed by atoms with E-state index in [2.05, 4.69) is 5.32 Å². The van der Waals surface area contributed by atoms with Crippen molar-refractivity contribution in [3.8, 4) is 5.75 Å². The zero-order valence-corrected chi connectivity index (χ0v) is 11.8. The maximum atomic E-state index is 10.8. The Bertz CT molecular complexity index is 685. The first kappa shape index (κ1) is 14.7. The van der Waals surface area contributed by atoms with Gasteiger partial charge in [0.25, 0.3) is 5.69 Å². The van der Waals surface area contributed by atoms with Gasteiger partial charge in [-0.25, -0.2) is 0 Å². The van der Waals surface area contributed by atoms with Gasteiger partial charge in [0.1, 0.15) is 5.75 Å². The third kappa shape index (κ3) is 3.45. The number of nitro groups is 2. The predicted octanol–water partition coefficient (Wildman–Crippen LogP) is 3.19. The molecule has 110 valence electrons. The topological polar surface area (TPSA) is 108 Å². The highest BCUT2D eigenvalue weighted by molar-refractivity contribution is 7.15. The molecule has 2 aromatic rings. The van der Waals surface area contributed by atoms with Gasteiger partial charge in [0.05, 0.1) is 22.6 Å². The van der Waals surface area contributed by atoms with Gasteiger partial charge in [0.15, 0.2) is 0 Å². The van der Waals surface area contributed by atoms with E-state index in [4.69, 9.17) is 4.74 Å². The van der Waals surface area contributed by atoms with Gasteiger partial charge in [0.2, 0.25) is 0 Å². The molecular formula is C12H11N3O5S. The molecule has 2 rings (SSSR count). The van der Waals surface area contributed by atoms with Crippen LogP contribution in [-0.2, 0) is 6.54 Å². The molecular weight excluding hydrogens is 298 g/mol. The summed E-state index contributed by atoms with van der Waals surface area (Å²) in [5.41, 5.74) is 0.401. The number of hydrogen-bond donors (Lipinski definition) is 1. The van der Waals surface area contributed by atoms with Crippen LogP contribution in [0.4, 0.5) is 16.4 Å². The Kier molecular flexibility index (Phi) is 4.33. The number of nitrogens with zero attached hydrogens (tertiary/aromatic N) is 2. The second-order valence-corrected chi connectivity index (χ2v) is 5.14. The minimum atomic E-state index is -0.499. The van der Waals surface area contributed by atoms with E-state index in [1.54, 1.807) is 6.07 Å². The minimum absolute atomic E-state index is 0.0535. The lowest BCUT2D eigenvalue weighted by molar-refractivity contribution is -0.384. The van der Waals surface area contributed by atoms with Crippen LogP contribution in [-0.4, -0.2) is 17.0 Å². The number of methoxy groups -OCH3 is 1. The van der Waals surface area contributed by atoms with Crippen molar-refractivity contribution in [2.45, 2.75) is 6.54 Å². The van der Waals surface area contributed by atoms with Crippen LogP contribution in [0.5, 0.6) is 5.75 Å². The summed E-state index contributed by atoms with van der Waals surface area (Å²) >= 11 is 1.05. The number of nitrogens with one attached hydrogen (secondary N) is 1. The summed E-state index contributed by atoms with van der Waals surface area (Å²) in [5, 5.41) is 24.4. The Morgan fingerprint density at radius 2 is 1.95 bits per heavy atom. The summed E-state index contributed by atoms with van der Waals surface area (Å²) in [7, 11) is 1.46. The van der Waals surface area contributed by atoms with Crippen LogP contribution in [0.15, 0.2) is 30.3 Å². The van der Waals surface area contributed by atoms with E-state index >= 15 is 0 Å². The van der Waals surface area contributed by atoms with Crippen molar-refractivity contribution < 1.29 is 14.6 Å². The molecule has 1 aromatic heterocycles. The van der Waals surface area contributed by atoms with Gasteiger partial charge < -0.3 is 10.1 Å². The van der Waals surface area contributed by atoms with E-state index in [9.17, 15) is 20.2 Å². The zero-order chi connectivity index (χ0) is 15.4. The Balaban J connectivity index is 2.15. The molecule has 0 bridgehead atoms. The van der Waals surface area contributed by atoms with Gasteiger partial charge >= 0.3 is 5.00 Å². The maximum absolute atomic E-state index is 10.8. The summed E-state index contributed by atoms with van der Waals surface area (Å²) in [6.07, 6.45) is 0. The van der Waals surface area contributed by atoms with Gasteiger partial charge in [0, 0.05) is 29.6 Å². The lowest BCUT2D eigenvalue weighted by Gasteiger charge is -2.09. The number of non-ortho nitro benzene ring substituents is 1. The van der Waals surface area contributed by atoms with Crippen LogP contribution in [0.25, 0.3) is 0 Å². The molecule has 1 N–H and O–H groups in total. The molecule has 0 aliphatic rings. The fraction of sp³-hybridized carbons (Fsp3) is 0.167. The number of thiophene rings is 1. The van der Waals surface area contributed by atoms with Crippen LogP contribution in [0.1, 0.15) is 4.88 Å². The van der Waals surface area contributed by atoms with Gasteiger partial charge in [-0.2, -0.15) is 0 Å². The quantitative estimate of drug-likeness (QED) is 0.648. The molecule has 0 atom stereocenters.